The van der Waals surface area contributed by atoms with Crippen molar-refractivity contribution in [2.75, 3.05) is 33.1 Å². The van der Waals surface area contributed by atoms with Crippen molar-refractivity contribution in [1.82, 2.24) is 9.03 Å². The molecule has 1 heterocycles. The van der Waals surface area contributed by atoms with Crippen molar-refractivity contribution >= 4 is 20.0 Å². The molecule has 1 N–H and O–H groups in total. The van der Waals surface area contributed by atoms with Gasteiger partial charge in [0.15, 0.2) is 0 Å². The first-order chi connectivity index (χ1) is 10.6. The third kappa shape index (κ3) is 4.30. The van der Waals surface area contributed by atoms with Gasteiger partial charge in [-0.25, -0.2) is 25.9 Å². The Morgan fingerprint density at radius 3 is 2.43 bits per heavy atom. The minimum Gasteiger partial charge on any atom is -0.379 e. The zero-order valence-corrected chi connectivity index (χ0v) is 15.0. The Balaban J connectivity index is 2.17. The molecule has 7 nitrogen and oxygen atoms in total. The van der Waals surface area contributed by atoms with E-state index in [4.69, 9.17) is 4.74 Å². The van der Waals surface area contributed by atoms with Gasteiger partial charge in [-0.1, -0.05) is 18.2 Å². The molecule has 1 fully saturated rings. The van der Waals surface area contributed by atoms with E-state index in [0.717, 1.165) is 4.31 Å². The number of ether oxygens (including phenoxy) is 1. The fourth-order valence-electron chi connectivity index (χ4n) is 2.43. The Morgan fingerprint density at radius 2 is 1.83 bits per heavy atom. The maximum absolute atomic E-state index is 12.5. The Hall–Kier alpha value is -1.00. The van der Waals surface area contributed by atoms with E-state index in [-0.39, 0.29) is 23.9 Å². The van der Waals surface area contributed by atoms with Crippen LogP contribution >= 0.6 is 0 Å². The second kappa shape index (κ2) is 6.86. The smallest absolute Gasteiger partial charge is 0.241 e. The minimum atomic E-state index is -3.72. The van der Waals surface area contributed by atoms with Crippen LogP contribution in [0.2, 0.25) is 0 Å². The maximum Gasteiger partial charge on any atom is 0.241 e. The van der Waals surface area contributed by atoms with E-state index in [1.165, 1.54) is 20.2 Å². The van der Waals surface area contributed by atoms with Gasteiger partial charge in [0, 0.05) is 20.0 Å². The second-order valence-electron chi connectivity index (χ2n) is 5.85. The Labute approximate surface area is 137 Å². The average molecular weight is 362 g/mol. The zero-order valence-electron chi connectivity index (χ0n) is 13.4. The molecule has 2 rings (SSSR count). The topological polar surface area (TPSA) is 92.8 Å². The van der Waals surface area contributed by atoms with Gasteiger partial charge >= 0.3 is 0 Å². The van der Waals surface area contributed by atoms with Gasteiger partial charge in [-0.3, -0.25) is 0 Å². The highest BCUT2D eigenvalue weighted by molar-refractivity contribution is 7.89. The van der Waals surface area contributed by atoms with Crippen LogP contribution in [0.3, 0.4) is 0 Å². The minimum absolute atomic E-state index is 0.152. The SMILES string of the molecule is Cc1ccccc1S(=O)(=O)NC1COCC1CS(=O)(=O)N(C)C. The molecule has 130 valence electrons. The van der Waals surface area contributed by atoms with Crippen LogP contribution < -0.4 is 4.72 Å². The van der Waals surface area contributed by atoms with E-state index in [2.05, 4.69) is 4.72 Å². The number of nitrogens with zero attached hydrogens (tertiary/aromatic N) is 1. The molecule has 1 aliphatic heterocycles. The lowest BCUT2D eigenvalue weighted by Gasteiger charge is -2.21. The molecule has 1 aliphatic rings. The van der Waals surface area contributed by atoms with Crippen molar-refractivity contribution in [3.05, 3.63) is 29.8 Å². The molecule has 0 spiro atoms. The lowest BCUT2D eigenvalue weighted by molar-refractivity contribution is 0.185. The molecule has 0 aromatic heterocycles. The molecule has 1 aromatic carbocycles. The fraction of sp³-hybridized carbons (Fsp3) is 0.571. The highest BCUT2D eigenvalue weighted by Crippen LogP contribution is 2.21. The number of rotatable bonds is 6. The normalized spacial score (nSPS) is 22.6. The van der Waals surface area contributed by atoms with Crippen LogP contribution in [-0.4, -0.2) is 60.2 Å². The summed E-state index contributed by atoms with van der Waals surface area (Å²) >= 11 is 0. The van der Waals surface area contributed by atoms with Crippen LogP contribution in [-0.2, 0) is 24.8 Å². The number of benzene rings is 1. The molecule has 0 bridgehead atoms. The number of hydrogen-bond acceptors (Lipinski definition) is 5. The van der Waals surface area contributed by atoms with Gasteiger partial charge in [0.05, 0.1) is 29.9 Å². The number of sulfonamides is 2. The lowest BCUT2D eigenvalue weighted by atomic mass is 10.1. The van der Waals surface area contributed by atoms with Crippen LogP contribution in [0.25, 0.3) is 0 Å². The quantitative estimate of drug-likeness (QED) is 0.779. The van der Waals surface area contributed by atoms with Crippen molar-refractivity contribution in [1.29, 1.82) is 0 Å². The predicted octanol–water partition coefficient (Wildman–Crippen LogP) is 0.180. The molecular weight excluding hydrogens is 340 g/mol. The summed E-state index contributed by atoms with van der Waals surface area (Å²) in [5.41, 5.74) is 0.636. The Morgan fingerprint density at radius 1 is 1.17 bits per heavy atom. The number of nitrogens with one attached hydrogen (secondary N) is 1. The summed E-state index contributed by atoms with van der Waals surface area (Å²) in [6.45, 7) is 2.10. The van der Waals surface area contributed by atoms with Crippen molar-refractivity contribution in [3.8, 4) is 0 Å². The van der Waals surface area contributed by atoms with Crippen molar-refractivity contribution in [3.63, 3.8) is 0 Å². The van der Waals surface area contributed by atoms with Gasteiger partial charge in [0.25, 0.3) is 0 Å². The third-order valence-corrected chi connectivity index (χ3v) is 7.48. The van der Waals surface area contributed by atoms with E-state index >= 15 is 0 Å². The van der Waals surface area contributed by atoms with Gasteiger partial charge in [-0.15, -0.1) is 0 Å². The monoisotopic (exact) mass is 362 g/mol. The standard InChI is InChI=1S/C14H22N2O5S2/c1-11-6-4-5-7-14(11)23(19,20)15-13-9-21-8-12(13)10-22(17,18)16(2)3/h4-7,12-13,15H,8-10H2,1-3H3. The summed E-state index contributed by atoms with van der Waals surface area (Å²) in [6, 6.07) is 6.10. The number of hydrogen-bond donors (Lipinski definition) is 1. The van der Waals surface area contributed by atoms with E-state index in [0.29, 0.717) is 5.56 Å². The van der Waals surface area contributed by atoms with Crippen LogP contribution in [0.1, 0.15) is 5.56 Å². The predicted molar refractivity (Wildman–Crippen MR) is 87.1 cm³/mol. The van der Waals surface area contributed by atoms with Gasteiger partial charge in [-0.2, -0.15) is 0 Å². The summed E-state index contributed by atoms with van der Waals surface area (Å²) in [5.74, 6) is -0.567. The molecule has 9 heteroatoms. The summed E-state index contributed by atoms with van der Waals surface area (Å²) in [7, 11) is -4.23. The summed E-state index contributed by atoms with van der Waals surface area (Å²) in [6.07, 6.45) is 0. The average Bonchev–Trinajstić information content (AvgIpc) is 2.84. The van der Waals surface area contributed by atoms with Crippen molar-refractivity contribution < 1.29 is 21.6 Å². The zero-order chi connectivity index (χ0) is 17.3. The van der Waals surface area contributed by atoms with Gasteiger partial charge in [0.2, 0.25) is 20.0 Å². The van der Waals surface area contributed by atoms with Gasteiger partial charge < -0.3 is 4.74 Å². The van der Waals surface area contributed by atoms with E-state index < -0.39 is 32.0 Å². The third-order valence-electron chi connectivity index (χ3n) is 3.87. The summed E-state index contributed by atoms with van der Waals surface area (Å²) < 4.78 is 58.1. The molecule has 1 aromatic rings. The van der Waals surface area contributed by atoms with Gasteiger partial charge in [0.1, 0.15) is 0 Å². The molecule has 2 unspecified atom stereocenters. The Kier molecular flexibility index (Phi) is 5.47. The van der Waals surface area contributed by atoms with Crippen LogP contribution in [0, 0.1) is 12.8 Å². The maximum atomic E-state index is 12.5. The van der Waals surface area contributed by atoms with E-state index in [1.807, 2.05) is 0 Å². The molecule has 0 radical (unpaired) electrons. The van der Waals surface area contributed by atoms with Crippen LogP contribution in [0.15, 0.2) is 29.2 Å². The first-order valence-corrected chi connectivity index (χ1v) is 10.3. The largest absolute Gasteiger partial charge is 0.379 e. The highest BCUT2D eigenvalue weighted by Gasteiger charge is 2.36. The van der Waals surface area contributed by atoms with Crippen molar-refractivity contribution in [2.45, 2.75) is 17.9 Å². The first kappa shape index (κ1) is 18.3. The molecular formula is C14H22N2O5S2. The highest BCUT2D eigenvalue weighted by atomic mass is 32.2. The van der Waals surface area contributed by atoms with Crippen LogP contribution in [0.4, 0.5) is 0 Å². The summed E-state index contributed by atoms with van der Waals surface area (Å²) in [4.78, 5) is 0.195. The first-order valence-electron chi connectivity index (χ1n) is 7.19. The number of aryl methyl sites for hydroxylation is 1. The molecule has 2 atom stereocenters. The van der Waals surface area contributed by atoms with Crippen molar-refractivity contribution in [2.24, 2.45) is 5.92 Å². The molecule has 1 saturated heterocycles. The van der Waals surface area contributed by atoms with E-state index in [1.54, 1.807) is 25.1 Å². The van der Waals surface area contributed by atoms with E-state index in [9.17, 15) is 16.8 Å². The second-order valence-corrected chi connectivity index (χ2v) is 9.76. The lowest BCUT2D eigenvalue weighted by Crippen LogP contribution is -2.43. The molecule has 0 aliphatic carbocycles. The molecule has 0 saturated carbocycles. The summed E-state index contributed by atoms with van der Waals surface area (Å²) in [5, 5.41) is 0. The van der Waals surface area contributed by atoms with Crippen LogP contribution in [0.5, 0.6) is 0 Å². The fourth-order valence-corrected chi connectivity index (χ4v) is 5.14. The van der Waals surface area contributed by atoms with Gasteiger partial charge in [-0.05, 0) is 18.6 Å². The Bertz CT molecular complexity index is 759. The molecule has 23 heavy (non-hydrogen) atoms. The molecule has 0 amide bonds.